The number of nitrogens with one attached hydrogen (secondary N) is 1. The minimum absolute atomic E-state index is 0.0446. The van der Waals surface area contributed by atoms with Crippen LogP contribution in [-0.4, -0.2) is 34.2 Å². The summed E-state index contributed by atoms with van der Waals surface area (Å²) in [5, 5.41) is 4.28. The number of hydrogen-bond acceptors (Lipinski definition) is 5. The van der Waals surface area contributed by atoms with Gasteiger partial charge in [0.1, 0.15) is 0 Å². The van der Waals surface area contributed by atoms with E-state index >= 15 is 0 Å². The van der Waals surface area contributed by atoms with Gasteiger partial charge in [-0.05, 0) is 51.9 Å². The zero-order valence-electron chi connectivity index (χ0n) is 18.9. The van der Waals surface area contributed by atoms with Crippen molar-refractivity contribution in [2.45, 2.75) is 6.04 Å². The normalized spacial score (nSPS) is 15.9. The average molecular weight is 602 g/mol. The lowest BCUT2D eigenvalue weighted by molar-refractivity contribution is 0.462. The first-order valence-corrected chi connectivity index (χ1v) is 12.6. The zero-order valence-corrected chi connectivity index (χ0v) is 21.8. The summed E-state index contributed by atoms with van der Waals surface area (Å²) in [6.07, 6.45) is 2.62. The summed E-state index contributed by atoms with van der Waals surface area (Å²) in [7, 11) is 1.69. The Morgan fingerprint density at radius 1 is 1.11 bits per heavy atom. The molecule has 0 aliphatic carbocycles. The number of pyridine rings is 1. The zero-order chi connectivity index (χ0) is 24.5. The lowest BCUT2D eigenvalue weighted by Gasteiger charge is -2.35. The SMILES string of the molecule is Cn1c(N2CCN[C@@H](c3ccc(-c4ccc(I)cc4Cl)cc3)C2)nc(-c2ccncc2F)cc1=O. The molecule has 1 aliphatic rings. The number of halogens is 3. The second-order valence-corrected chi connectivity index (χ2v) is 10.0. The van der Waals surface area contributed by atoms with Gasteiger partial charge in [-0.2, -0.15) is 0 Å². The van der Waals surface area contributed by atoms with Crippen molar-refractivity contribution < 1.29 is 4.39 Å². The fraction of sp³-hybridized carbons (Fsp3) is 0.192. The molecule has 0 amide bonds. The van der Waals surface area contributed by atoms with Gasteiger partial charge in [0.25, 0.3) is 5.56 Å². The van der Waals surface area contributed by atoms with Crippen LogP contribution in [0.1, 0.15) is 11.6 Å². The number of nitrogens with zero attached hydrogens (tertiary/aromatic N) is 4. The van der Waals surface area contributed by atoms with Crippen LogP contribution in [0.25, 0.3) is 22.4 Å². The Morgan fingerprint density at radius 2 is 1.91 bits per heavy atom. The predicted molar refractivity (Wildman–Crippen MR) is 145 cm³/mol. The van der Waals surface area contributed by atoms with Crippen LogP contribution in [0.3, 0.4) is 0 Å². The monoisotopic (exact) mass is 601 g/mol. The van der Waals surface area contributed by atoms with Crippen LogP contribution >= 0.6 is 34.2 Å². The molecule has 35 heavy (non-hydrogen) atoms. The third-order valence-corrected chi connectivity index (χ3v) is 7.16. The molecule has 1 N–H and O–H groups in total. The highest BCUT2D eigenvalue weighted by Crippen LogP contribution is 2.31. The van der Waals surface area contributed by atoms with Crippen molar-refractivity contribution in [2.24, 2.45) is 7.05 Å². The molecule has 6 nitrogen and oxygen atoms in total. The van der Waals surface area contributed by atoms with Gasteiger partial charge in [-0.25, -0.2) is 9.37 Å². The van der Waals surface area contributed by atoms with E-state index in [2.05, 4.69) is 67.0 Å². The maximum atomic E-state index is 14.3. The highest BCUT2D eigenvalue weighted by atomic mass is 127. The quantitative estimate of drug-likeness (QED) is 0.332. The molecule has 4 aromatic rings. The van der Waals surface area contributed by atoms with Gasteiger partial charge in [-0.3, -0.25) is 14.3 Å². The Labute approximate surface area is 220 Å². The van der Waals surface area contributed by atoms with Crippen LogP contribution < -0.4 is 15.8 Å². The Hall–Kier alpha value is -2.82. The van der Waals surface area contributed by atoms with Crippen molar-refractivity contribution in [2.75, 3.05) is 24.5 Å². The van der Waals surface area contributed by atoms with Crippen molar-refractivity contribution >= 4 is 40.1 Å². The van der Waals surface area contributed by atoms with Gasteiger partial charge in [-0.15, -0.1) is 0 Å². The summed E-state index contributed by atoms with van der Waals surface area (Å²) in [4.78, 5) is 23.2. The van der Waals surface area contributed by atoms with Crippen molar-refractivity contribution in [1.29, 1.82) is 0 Å². The van der Waals surface area contributed by atoms with E-state index in [-0.39, 0.29) is 17.2 Å². The molecule has 9 heteroatoms. The molecule has 1 aliphatic heterocycles. The summed E-state index contributed by atoms with van der Waals surface area (Å²) in [6, 6.07) is 17.3. The van der Waals surface area contributed by atoms with Crippen molar-refractivity contribution in [1.82, 2.24) is 19.9 Å². The second kappa shape index (κ2) is 10.0. The molecule has 1 atom stereocenters. The molecule has 1 fully saturated rings. The molecule has 0 unspecified atom stereocenters. The highest BCUT2D eigenvalue weighted by Gasteiger charge is 2.24. The number of benzene rings is 2. The molecular formula is C26H22ClFIN5O. The predicted octanol–water partition coefficient (Wildman–Crippen LogP) is 5.06. The maximum Gasteiger partial charge on any atom is 0.255 e. The molecule has 2 aromatic carbocycles. The summed E-state index contributed by atoms with van der Waals surface area (Å²) in [5.41, 5.74) is 3.50. The van der Waals surface area contributed by atoms with Crippen molar-refractivity contribution in [3.05, 3.63) is 97.3 Å². The smallest absolute Gasteiger partial charge is 0.255 e. The van der Waals surface area contributed by atoms with Crippen LogP contribution in [0.5, 0.6) is 0 Å². The maximum absolute atomic E-state index is 14.3. The minimum Gasteiger partial charge on any atom is -0.339 e. The van der Waals surface area contributed by atoms with E-state index in [1.807, 2.05) is 18.2 Å². The van der Waals surface area contributed by atoms with Crippen molar-refractivity contribution in [3.63, 3.8) is 0 Å². The van der Waals surface area contributed by atoms with E-state index < -0.39 is 5.82 Å². The Morgan fingerprint density at radius 3 is 2.66 bits per heavy atom. The topological polar surface area (TPSA) is 63.1 Å². The molecule has 0 saturated carbocycles. The van der Waals surface area contributed by atoms with E-state index in [0.717, 1.165) is 38.0 Å². The second-order valence-electron chi connectivity index (χ2n) is 8.39. The van der Waals surface area contributed by atoms with Gasteiger partial charge in [0.15, 0.2) is 5.82 Å². The van der Waals surface area contributed by atoms with E-state index in [1.165, 1.54) is 22.9 Å². The van der Waals surface area contributed by atoms with Crippen LogP contribution in [-0.2, 0) is 7.05 Å². The number of aromatic nitrogens is 3. The van der Waals surface area contributed by atoms with Crippen LogP contribution in [0.4, 0.5) is 10.3 Å². The first-order chi connectivity index (χ1) is 16.9. The molecule has 2 aromatic heterocycles. The van der Waals surface area contributed by atoms with Gasteiger partial charge in [0.2, 0.25) is 5.95 Å². The van der Waals surface area contributed by atoms with Gasteiger partial charge in [-0.1, -0.05) is 41.9 Å². The largest absolute Gasteiger partial charge is 0.339 e. The van der Waals surface area contributed by atoms with Crippen molar-refractivity contribution in [3.8, 4) is 22.4 Å². The third-order valence-electron chi connectivity index (χ3n) is 6.17. The lowest BCUT2D eigenvalue weighted by Crippen LogP contribution is -2.47. The van der Waals surface area contributed by atoms with Gasteiger partial charge in [0, 0.05) is 64.7 Å². The number of piperazine rings is 1. The summed E-state index contributed by atoms with van der Waals surface area (Å²) in [5.74, 6) is 0.00298. The van der Waals surface area contributed by atoms with E-state index in [9.17, 15) is 9.18 Å². The molecular weight excluding hydrogens is 580 g/mol. The lowest BCUT2D eigenvalue weighted by atomic mass is 9.99. The Bertz CT molecular complexity index is 1440. The highest BCUT2D eigenvalue weighted by molar-refractivity contribution is 14.1. The van der Waals surface area contributed by atoms with E-state index in [1.54, 1.807) is 7.05 Å². The minimum atomic E-state index is -0.509. The van der Waals surface area contributed by atoms with Crippen LogP contribution in [0, 0.1) is 9.39 Å². The number of hydrogen-bond donors (Lipinski definition) is 1. The molecule has 178 valence electrons. The average Bonchev–Trinajstić information content (AvgIpc) is 2.86. The molecule has 5 rings (SSSR count). The number of rotatable bonds is 4. The van der Waals surface area contributed by atoms with Crippen LogP contribution in [0.15, 0.2) is 71.8 Å². The molecule has 1 saturated heterocycles. The van der Waals surface area contributed by atoms with Crippen LogP contribution in [0.2, 0.25) is 5.02 Å². The molecule has 0 spiro atoms. The van der Waals surface area contributed by atoms with Gasteiger partial charge < -0.3 is 10.2 Å². The first kappa shape index (κ1) is 23.9. The number of anilines is 1. The molecule has 0 bridgehead atoms. The Kier molecular flexibility index (Phi) is 6.86. The Balaban J connectivity index is 1.41. The third kappa shape index (κ3) is 4.96. The van der Waals surface area contributed by atoms with Gasteiger partial charge in [0.05, 0.1) is 11.9 Å². The molecule has 0 radical (unpaired) electrons. The first-order valence-electron chi connectivity index (χ1n) is 11.1. The fourth-order valence-electron chi connectivity index (χ4n) is 4.30. The summed E-state index contributed by atoms with van der Waals surface area (Å²) < 4.78 is 16.9. The molecule has 3 heterocycles. The van der Waals surface area contributed by atoms with E-state index in [0.29, 0.717) is 24.7 Å². The standard InChI is InChI=1S/C26H22ClFIN5O/c1-33-25(35)13-23(20-8-9-30-14-22(20)28)32-26(33)34-11-10-31-24(15-34)17-4-2-16(3-5-17)19-7-6-18(29)12-21(19)27/h2-9,12-14,24,31H,10-11,15H2,1H3/t24-/m1/s1. The fourth-order valence-corrected chi connectivity index (χ4v) is 5.27. The summed E-state index contributed by atoms with van der Waals surface area (Å²) >= 11 is 8.70. The van der Waals surface area contributed by atoms with Gasteiger partial charge >= 0.3 is 0 Å². The summed E-state index contributed by atoms with van der Waals surface area (Å²) in [6.45, 7) is 2.01. The van der Waals surface area contributed by atoms with E-state index in [4.69, 9.17) is 11.6 Å².